The summed E-state index contributed by atoms with van der Waals surface area (Å²) in [4.78, 5) is 8.92. The first-order valence-electron chi connectivity index (χ1n) is 8.43. The SMILES string of the molecule is Cc1ccc(S(=O)(=O)Nc2cccc(-c3cn4cccnc4n3)c2)cc1C. The summed E-state index contributed by atoms with van der Waals surface area (Å²) in [7, 11) is -3.66. The van der Waals surface area contributed by atoms with Crippen molar-refractivity contribution in [1.29, 1.82) is 0 Å². The Balaban J connectivity index is 1.67. The van der Waals surface area contributed by atoms with Gasteiger partial charge in [-0.15, -0.1) is 0 Å². The zero-order valence-electron chi connectivity index (χ0n) is 14.9. The van der Waals surface area contributed by atoms with Crippen molar-refractivity contribution in [3.05, 3.63) is 78.2 Å². The molecule has 0 bridgehead atoms. The molecular weight excluding hydrogens is 360 g/mol. The van der Waals surface area contributed by atoms with Gasteiger partial charge in [0.25, 0.3) is 10.0 Å². The van der Waals surface area contributed by atoms with Gasteiger partial charge >= 0.3 is 0 Å². The van der Waals surface area contributed by atoms with E-state index in [1.54, 1.807) is 36.5 Å². The minimum atomic E-state index is -3.66. The molecule has 6 nitrogen and oxygen atoms in total. The van der Waals surface area contributed by atoms with Crippen LogP contribution in [0, 0.1) is 13.8 Å². The second-order valence-corrected chi connectivity index (χ2v) is 8.07. The van der Waals surface area contributed by atoms with Crippen LogP contribution in [-0.4, -0.2) is 22.8 Å². The smallest absolute Gasteiger partial charge is 0.261 e. The van der Waals surface area contributed by atoms with Gasteiger partial charge in [0.15, 0.2) is 0 Å². The van der Waals surface area contributed by atoms with Crippen LogP contribution in [0.4, 0.5) is 5.69 Å². The minimum Gasteiger partial charge on any atom is -0.291 e. The minimum absolute atomic E-state index is 0.243. The molecule has 0 amide bonds. The van der Waals surface area contributed by atoms with Crippen LogP contribution in [0.15, 0.2) is 72.0 Å². The number of fused-ring (bicyclic) bond motifs is 1. The number of nitrogens with one attached hydrogen (secondary N) is 1. The lowest BCUT2D eigenvalue weighted by molar-refractivity contribution is 0.601. The van der Waals surface area contributed by atoms with Gasteiger partial charge in [-0.3, -0.25) is 9.12 Å². The van der Waals surface area contributed by atoms with Crippen LogP contribution in [0.5, 0.6) is 0 Å². The van der Waals surface area contributed by atoms with Crippen molar-refractivity contribution >= 4 is 21.5 Å². The van der Waals surface area contributed by atoms with Gasteiger partial charge in [0.05, 0.1) is 10.6 Å². The number of sulfonamides is 1. The van der Waals surface area contributed by atoms with Crippen molar-refractivity contribution in [1.82, 2.24) is 14.4 Å². The van der Waals surface area contributed by atoms with Crippen LogP contribution in [0.1, 0.15) is 11.1 Å². The Morgan fingerprint density at radius 3 is 2.63 bits per heavy atom. The van der Waals surface area contributed by atoms with Crippen LogP contribution in [-0.2, 0) is 10.0 Å². The van der Waals surface area contributed by atoms with Crippen LogP contribution in [0.25, 0.3) is 17.0 Å². The Morgan fingerprint density at radius 1 is 1.00 bits per heavy atom. The molecule has 4 aromatic rings. The summed E-state index contributed by atoms with van der Waals surface area (Å²) in [6, 6.07) is 14.1. The molecule has 0 unspecified atom stereocenters. The third-order valence-electron chi connectivity index (χ3n) is 4.43. The topological polar surface area (TPSA) is 76.4 Å². The number of anilines is 1. The first kappa shape index (κ1) is 17.2. The first-order valence-corrected chi connectivity index (χ1v) is 9.91. The molecule has 0 saturated heterocycles. The van der Waals surface area contributed by atoms with Gasteiger partial charge in [-0.1, -0.05) is 18.2 Å². The van der Waals surface area contributed by atoms with Gasteiger partial charge in [-0.05, 0) is 55.3 Å². The molecule has 2 aromatic heterocycles. The summed E-state index contributed by atoms with van der Waals surface area (Å²) >= 11 is 0. The van der Waals surface area contributed by atoms with E-state index in [0.717, 1.165) is 22.4 Å². The normalized spacial score (nSPS) is 11.6. The van der Waals surface area contributed by atoms with Gasteiger partial charge in [-0.25, -0.2) is 18.4 Å². The number of nitrogens with zero attached hydrogens (tertiary/aromatic N) is 3. The second kappa shape index (κ2) is 6.51. The zero-order valence-corrected chi connectivity index (χ0v) is 15.7. The number of rotatable bonds is 4. The number of hydrogen-bond acceptors (Lipinski definition) is 4. The third kappa shape index (κ3) is 3.41. The predicted molar refractivity (Wildman–Crippen MR) is 105 cm³/mol. The van der Waals surface area contributed by atoms with Gasteiger partial charge in [0, 0.05) is 29.8 Å². The molecule has 2 aromatic carbocycles. The van der Waals surface area contributed by atoms with Gasteiger partial charge in [-0.2, -0.15) is 0 Å². The van der Waals surface area contributed by atoms with Gasteiger partial charge < -0.3 is 0 Å². The molecule has 0 fully saturated rings. The van der Waals surface area contributed by atoms with E-state index in [-0.39, 0.29) is 4.90 Å². The van der Waals surface area contributed by atoms with Crippen LogP contribution < -0.4 is 4.72 Å². The molecule has 136 valence electrons. The number of aromatic nitrogens is 3. The number of hydrogen-bond donors (Lipinski definition) is 1. The fraction of sp³-hybridized carbons (Fsp3) is 0.100. The van der Waals surface area contributed by atoms with Crippen LogP contribution >= 0.6 is 0 Å². The van der Waals surface area contributed by atoms with Crippen molar-refractivity contribution < 1.29 is 8.42 Å². The van der Waals surface area contributed by atoms with E-state index in [1.807, 2.05) is 48.8 Å². The maximum atomic E-state index is 12.7. The Labute approximate surface area is 157 Å². The number of imidazole rings is 1. The molecular formula is C20H18N4O2S. The standard InChI is InChI=1S/C20H18N4O2S/c1-14-7-8-18(11-15(14)2)27(25,26)23-17-6-3-5-16(12-17)19-13-24-10-4-9-21-20(24)22-19/h3-13,23H,1-2H3. The maximum Gasteiger partial charge on any atom is 0.261 e. The highest BCUT2D eigenvalue weighted by Crippen LogP contribution is 2.24. The van der Waals surface area contributed by atoms with Crippen molar-refractivity contribution in [3.63, 3.8) is 0 Å². The largest absolute Gasteiger partial charge is 0.291 e. The summed E-state index contributed by atoms with van der Waals surface area (Å²) in [5.41, 5.74) is 4.00. The van der Waals surface area contributed by atoms with E-state index in [4.69, 9.17) is 0 Å². The molecule has 0 spiro atoms. The summed E-state index contributed by atoms with van der Waals surface area (Å²) in [6.45, 7) is 3.85. The van der Waals surface area contributed by atoms with E-state index >= 15 is 0 Å². The number of benzene rings is 2. The lowest BCUT2D eigenvalue weighted by Gasteiger charge is -2.10. The molecule has 2 heterocycles. The molecule has 0 radical (unpaired) electrons. The molecule has 4 rings (SSSR count). The van der Waals surface area contributed by atoms with Crippen molar-refractivity contribution in [2.75, 3.05) is 4.72 Å². The van der Waals surface area contributed by atoms with Crippen molar-refractivity contribution in [2.24, 2.45) is 0 Å². The highest BCUT2D eigenvalue weighted by Gasteiger charge is 2.15. The molecule has 0 aliphatic rings. The van der Waals surface area contributed by atoms with Gasteiger partial charge in [0.1, 0.15) is 0 Å². The molecule has 1 N–H and O–H groups in total. The molecule has 0 aliphatic heterocycles. The Morgan fingerprint density at radius 2 is 1.85 bits per heavy atom. The fourth-order valence-corrected chi connectivity index (χ4v) is 3.94. The van der Waals surface area contributed by atoms with Crippen LogP contribution in [0.2, 0.25) is 0 Å². The molecule has 0 saturated carbocycles. The monoisotopic (exact) mass is 378 g/mol. The Hall–Kier alpha value is -3.19. The fourth-order valence-electron chi connectivity index (χ4n) is 2.81. The highest BCUT2D eigenvalue weighted by atomic mass is 32.2. The lowest BCUT2D eigenvalue weighted by Crippen LogP contribution is -2.13. The molecule has 7 heteroatoms. The van der Waals surface area contributed by atoms with Crippen LogP contribution in [0.3, 0.4) is 0 Å². The Kier molecular flexibility index (Phi) is 4.16. The average Bonchev–Trinajstić information content (AvgIpc) is 3.08. The predicted octanol–water partition coefficient (Wildman–Crippen LogP) is 3.81. The quantitative estimate of drug-likeness (QED) is 0.586. The van der Waals surface area contributed by atoms with E-state index in [9.17, 15) is 8.42 Å². The molecule has 27 heavy (non-hydrogen) atoms. The van der Waals surface area contributed by atoms with Crippen molar-refractivity contribution in [3.8, 4) is 11.3 Å². The second-order valence-electron chi connectivity index (χ2n) is 6.39. The maximum absolute atomic E-state index is 12.7. The first-order chi connectivity index (χ1) is 12.9. The Bertz CT molecular complexity index is 1210. The lowest BCUT2D eigenvalue weighted by atomic mass is 10.1. The summed E-state index contributed by atoms with van der Waals surface area (Å²) < 4.78 is 29.9. The summed E-state index contributed by atoms with van der Waals surface area (Å²) in [5.74, 6) is 0.591. The van der Waals surface area contributed by atoms with E-state index in [1.165, 1.54) is 0 Å². The van der Waals surface area contributed by atoms with E-state index in [0.29, 0.717) is 11.5 Å². The summed E-state index contributed by atoms with van der Waals surface area (Å²) in [5, 5.41) is 0. The number of aryl methyl sites for hydroxylation is 2. The highest BCUT2D eigenvalue weighted by molar-refractivity contribution is 7.92. The van der Waals surface area contributed by atoms with E-state index in [2.05, 4.69) is 14.7 Å². The average molecular weight is 378 g/mol. The van der Waals surface area contributed by atoms with Gasteiger partial charge in [0.2, 0.25) is 5.78 Å². The third-order valence-corrected chi connectivity index (χ3v) is 5.81. The molecule has 0 aliphatic carbocycles. The molecule has 0 atom stereocenters. The zero-order chi connectivity index (χ0) is 19.0. The van der Waals surface area contributed by atoms with E-state index < -0.39 is 10.0 Å². The summed E-state index contributed by atoms with van der Waals surface area (Å²) in [6.07, 6.45) is 5.41. The van der Waals surface area contributed by atoms with Crippen molar-refractivity contribution in [2.45, 2.75) is 18.7 Å².